The number of carbonyl (C=O) groups is 1. The van der Waals surface area contributed by atoms with Crippen molar-refractivity contribution in [1.29, 1.82) is 5.26 Å². The molecule has 3 aromatic rings. The van der Waals surface area contributed by atoms with Crippen LogP contribution in [0.5, 0.6) is 0 Å². The number of nitrogens with one attached hydrogen (secondary N) is 1. The first kappa shape index (κ1) is 23.7. The summed E-state index contributed by atoms with van der Waals surface area (Å²) in [5.41, 5.74) is -0.667. The number of benzene rings is 1. The molecule has 2 atom stereocenters. The number of amides is 1. The Labute approximate surface area is 195 Å². The van der Waals surface area contributed by atoms with Gasteiger partial charge >= 0.3 is 12.3 Å². The van der Waals surface area contributed by atoms with E-state index in [-0.39, 0.29) is 5.56 Å². The normalized spacial score (nSPS) is 19.9. The molecule has 1 aliphatic rings. The molecule has 0 spiro atoms. The van der Waals surface area contributed by atoms with E-state index in [1.807, 2.05) is 6.07 Å². The van der Waals surface area contributed by atoms with E-state index in [1.54, 1.807) is 23.6 Å². The molecule has 0 unspecified atom stereocenters. The molecule has 0 saturated heterocycles. The number of ether oxygens (including phenoxy) is 1. The number of aliphatic imine (C=N–C) groups is 1. The zero-order valence-electron chi connectivity index (χ0n) is 17.9. The Morgan fingerprint density at radius 2 is 2.06 bits per heavy atom. The van der Waals surface area contributed by atoms with E-state index in [4.69, 9.17) is 10.4 Å². The van der Waals surface area contributed by atoms with Crippen LogP contribution in [-0.2, 0) is 10.3 Å². The minimum atomic E-state index is -4.84. The molecule has 180 valence electrons. The summed E-state index contributed by atoms with van der Waals surface area (Å²) in [5.74, 6) is -0.408. The monoisotopic (exact) mass is 488 g/mol. The number of pyridine rings is 1. The first-order valence-corrected chi connectivity index (χ1v) is 10.0. The first-order valence-electron chi connectivity index (χ1n) is 10.0. The molecule has 0 radical (unpaired) electrons. The van der Waals surface area contributed by atoms with E-state index in [1.165, 1.54) is 36.1 Å². The second-order valence-electron chi connectivity index (χ2n) is 7.86. The lowest BCUT2D eigenvalue weighted by molar-refractivity contribution is -0.208. The molecule has 9 nitrogen and oxygen atoms in total. The topological polar surface area (TPSA) is 125 Å². The number of hydrogen-bond donors (Lipinski definition) is 2. The van der Waals surface area contributed by atoms with Gasteiger partial charge in [0, 0.05) is 29.9 Å². The number of halogens is 4. The van der Waals surface area contributed by atoms with Crippen LogP contribution in [0.2, 0.25) is 0 Å². The third-order valence-electron chi connectivity index (χ3n) is 5.34. The molecule has 13 heteroatoms. The van der Waals surface area contributed by atoms with Crippen LogP contribution in [0.3, 0.4) is 0 Å². The molecular weight excluding hydrogens is 472 g/mol. The summed E-state index contributed by atoms with van der Waals surface area (Å²) < 4.78 is 61.4. The molecule has 0 fully saturated rings. The van der Waals surface area contributed by atoms with E-state index in [2.05, 4.69) is 19.8 Å². The van der Waals surface area contributed by atoms with E-state index < -0.39 is 42.2 Å². The molecule has 1 aliphatic heterocycles. The molecular formula is C22H16F4N6O3. The van der Waals surface area contributed by atoms with Crippen molar-refractivity contribution in [3.05, 3.63) is 65.9 Å². The van der Waals surface area contributed by atoms with Gasteiger partial charge < -0.3 is 9.84 Å². The van der Waals surface area contributed by atoms with Crippen LogP contribution in [0.25, 0.3) is 16.9 Å². The van der Waals surface area contributed by atoms with Crippen molar-refractivity contribution in [3.8, 4) is 23.0 Å². The first-order chi connectivity index (χ1) is 16.5. The maximum absolute atomic E-state index is 14.9. The number of nitriles is 1. The van der Waals surface area contributed by atoms with Crippen LogP contribution < -0.4 is 5.32 Å². The lowest BCUT2D eigenvalue weighted by atomic mass is 9.84. The van der Waals surface area contributed by atoms with Crippen LogP contribution in [-0.4, -0.2) is 44.3 Å². The average Bonchev–Trinajstić information content (AvgIpc) is 3.28. The standard InChI is InChI=1S/C22H16F4N6O3/c1-21(7-17(22(24,25)26)35-19(31-21)30-20(33)34)15-6-13(3-4-16(15)23)14-10-29-32(11-14)18-5-2-12(8-27)9-28-18/h2-6,9-11,17H,7H2,1H3,(H,30,31)(H,33,34)/t17-,21-/m0/s1. The van der Waals surface area contributed by atoms with E-state index >= 15 is 0 Å². The van der Waals surface area contributed by atoms with Crippen molar-refractivity contribution in [2.24, 2.45) is 4.99 Å². The maximum atomic E-state index is 14.9. The fourth-order valence-corrected chi connectivity index (χ4v) is 3.64. The summed E-state index contributed by atoms with van der Waals surface area (Å²) >= 11 is 0. The number of hydrogen-bond acceptors (Lipinski definition) is 6. The van der Waals surface area contributed by atoms with Crippen LogP contribution in [0.1, 0.15) is 24.5 Å². The van der Waals surface area contributed by atoms with Crippen molar-refractivity contribution >= 4 is 12.1 Å². The van der Waals surface area contributed by atoms with Crippen molar-refractivity contribution < 1.29 is 32.2 Å². The Morgan fingerprint density at radius 1 is 1.29 bits per heavy atom. The molecule has 35 heavy (non-hydrogen) atoms. The Morgan fingerprint density at radius 3 is 2.69 bits per heavy atom. The second-order valence-corrected chi connectivity index (χ2v) is 7.86. The number of aromatic nitrogens is 3. The molecule has 3 heterocycles. The Hall–Kier alpha value is -4.47. The van der Waals surface area contributed by atoms with Gasteiger partial charge in [-0.15, -0.1) is 0 Å². The fraction of sp³-hybridized carbons (Fsp3) is 0.227. The summed E-state index contributed by atoms with van der Waals surface area (Å²) in [7, 11) is 0. The van der Waals surface area contributed by atoms with Gasteiger partial charge in [0.1, 0.15) is 11.9 Å². The predicted molar refractivity (Wildman–Crippen MR) is 113 cm³/mol. The van der Waals surface area contributed by atoms with E-state index in [0.717, 1.165) is 6.07 Å². The molecule has 1 amide bonds. The fourth-order valence-electron chi connectivity index (χ4n) is 3.64. The predicted octanol–water partition coefficient (Wildman–Crippen LogP) is 4.14. The summed E-state index contributed by atoms with van der Waals surface area (Å²) in [5, 5.41) is 23.7. The molecule has 0 saturated carbocycles. The van der Waals surface area contributed by atoms with Gasteiger partial charge in [-0.3, -0.25) is 0 Å². The molecule has 2 N–H and O–H groups in total. The molecule has 1 aromatic carbocycles. The minimum absolute atomic E-state index is 0.179. The third-order valence-corrected chi connectivity index (χ3v) is 5.34. The highest BCUT2D eigenvalue weighted by molar-refractivity contribution is 5.90. The maximum Gasteiger partial charge on any atom is 0.425 e. The summed E-state index contributed by atoms with van der Waals surface area (Å²) in [6.45, 7) is 1.27. The van der Waals surface area contributed by atoms with Crippen LogP contribution in [0.4, 0.5) is 22.4 Å². The van der Waals surface area contributed by atoms with Gasteiger partial charge in [-0.1, -0.05) is 6.07 Å². The van der Waals surface area contributed by atoms with Gasteiger partial charge in [0.15, 0.2) is 11.9 Å². The quantitative estimate of drug-likeness (QED) is 0.534. The van der Waals surface area contributed by atoms with Gasteiger partial charge in [-0.2, -0.15) is 23.5 Å². The van der Waals surface area contributed by atoms with E-state index in [0.29, 0.717) is 22.5 Å². The minimum Gasteiger partial charge on any atom is -0.465 e. The lowest BCUT2D eigenvalue weighted by Crippen LogP contribution is -2.48. The second kappa shape index (κ2) is 8.71. The van der Waals surface area contributed by atoms with Crippen LogP contribution >= 0.6 is 0 Å². The number of alkyl halides is 3. The molecule has 0 bridgehead atoms. The van der Waals surface area contributed by atoms with Gasteiger partial charge in [-0.25, -0.2) is 29.2 Å². The smallest absolute Gasteiger partial charge is 0.425 e. The average molecular weight is 488 g/mol. The zero-order chi connectivity index (χ0) is 25.4. The van der Waals surface area contributed by atoms with Gasteiger partial charge in [-0.05, 0) is 36.8 Å². The number of carboxylic acid groups (broad SMARTS) is 1. The highest BCUT2D eigenvalue weighted by Crippen LogP contribution is 2.42. The number of rotatable bonds is 3. The van der Waals surface area contributed by atoms with E-state index in [9.17, 15) is 22.4 Å². The Kier molecular flexibility index (Phi) is 5.89. The van der Waals surface area contributed by atoms with Crippen molar-refractivity contribution in [2.75, 3.05) is 0 Å². The molecule has 4 rings (SSSR count). The van der Waals surface area contributed by atoms with Gasteiger partial charge in [0.25, 0.3) is 6.02 Å². The van der Waals surface area contributed by atoms with Gasteiger partial charge in [0.05, 0.1) is 17.3 Å². The summed E-state index contributed by atoms with van der Waals surface area (Å²) in [6.07, 6.45) is -5.27. The van der Waals surface area contributed by atoms with Crippen molar-refractivity contribution in [3.63, 3.8) is 0 Å². The summed E-state index contributed by atoms with van der Waals surface area (Å²) in [4.78, 5) is 19.1. The Bertz CT molecular complexity index is 1350. The Balaban J connectivity index is 1.72. The highest BCUT2D eigenvalue weighted by Gasteiger charge is 2.50. The van der Waals surface area contributed by atoms with Crippen LogP contribution in [0.15, 0.2) is 53.9 Å². The zero-order valence-corrected chi connectivity index (χ0v) is 17.9. The number of nitrogens with zero attached hydrogens (tertiary/aromatic N) is 5. The summed E-state index contributed by atoms with van der Waals surface area (Å²) in [6, 6.07) is 8.07. The van der Waals surface area contributed by atoms with Crippen molar-refractivity contribution in [2.45, 2.75) is 31.2 Å². The van der Waals surface area contributed by atoms with Crippen LogP contribution in [0, 0.1) is 17.1 Å². The highest BCUT2D eigenvalue weighted by atomic mass is 19.4. The lowest BCUT2D eigenvalue weighted by Gasteiger charge is -2.36. The number of amidine groups is 1. The van der Waals surface area contributed by atoms with Gasteiger partial charge in [0.2, 0.25) is 0 Å². The SMILES string of the molecule is C[C@@]1(c2cc(-c3cnn(-c4ccc(C#N)cn4)c3)ccc2F)C[C@@H](C(F)(F)F)OC(NC(=O)O)=N1. The van der Waals surface area contributed by atoms with Crippen molar-refractivity contribution in [1.82, 2.24) is 20.1 Å². The molecule has 2 aromatic heterocycles. The largest absolute Gasteiger partial charge is 0.465 e. The third kappa shape index (κ3) is 4.91. The molecule has 0 aliphatic carbocycles.